The van der Waals surface area contributed by atoms with Gasteiger partial charge in [-0.25, -0.2) is 4.98 Å². The van der Waals surface area contributed by atoms with Gasteiger partial charge in [0.1, 0.15) is 11.2 Å². The highest BCUT2D eigenvalue weighted by Crippen LogP contribution is 2.34. The SMILES string of the molecule is COC(=O)Cn1cnc2c(sc3cccc(Cl)c32)c1=O. The number of carbonyl (C=O) groups excluding carboxylic acids is 1. The highest BCUT2D eigenvalue weighted by molar-refractivity contribution is 7.25. The number of hydrogen-bond donors (Lipinski definition) is 0. The van der Waals surface area contributed by atoms with Crippen LogP contribution in [0.2, 0.25) is 5.02 Å². The van der Waals surface area contributed by atoms with Gasteiger partial charge in [0.15, 0.2) is 0 Å². The fourth-order valence-corrected chi connectivity index (χ4v) is 3.44. The summed E-state index contributed by atoms with van der Waals surface area (Å²) in [4.78, 5) is 27.9. The van der Waals surface area contributed by atoms with E-state index in [0.29, 0.717) is 15.2 Å². The molecular weight excluding hydrogens is 300 g/mol. The van der Waals surface area contributed by atoms with Crippen LogP contribution < -0.4 is 5.56 Å². The Labute approximate surface area is 122 Å². The van der Waals surface area contributed by atoms with Crippen LogP contribution in [0.1, 0.15) is 0 Å². The van der Waals surface area contributed by atoms with Gasteiger partial charge in [0.2, 0.25) is 0 Å². The van der Waals surface area contributed by atoms with Gasteiger partial charge >= 0.3 is 5.97 Å². The number of rotatable bonds is 2. The molecule has 1 aromatic carbocycles. The van der Waals surface area contributed by atoms with E-state index in [4.69, 9.17) is 11.6 Å². The third-order valence-electron chi connectivity index (χ3n) is 2.95. The fourth-order valence-electron chi connectivity index (χ4n) is 1.99. The molecule has 5 nitrogen and oxygen atoms in total. The lowest BCUT2D eigenvalue weighted by atomic mass is 10.2. The second-order valence-electron chi connectivity index (χ2n) is 4.15. The maximum Gasteiger partial charge on any atom is 0.325 e. The summed E-state index contributed by atoms with van der Waals surface area (Å²) in [6.07, 6.45) is 1.34. The van der Waals surface area contributed by atoms with E-state index in [2.05, 4.69) is 9.72 Å². The molecule has 20 heavy (non-hydrogen) atoms. The molecular formula is C13H9ClN2O3S. The topological polar surface area (TPSA) is 61.2 Å². The van der Waals surface area contributed by atoms with Gasteiger partial charge in [-0.15, -0.1) is 11.3 Å². The number of esters is 1. The predicted octanol–water partition coefficient (Wildman–Crippen LogP) is 2.44. The number of halogens is 1. The van der Waals surface area contributed by atoms with E-state index in [1.165, 1.54) is 29.3 Å². The normalized spacial score (nSPS) is 11.1. The van der Waals surface area contributed by atoms with Crippen LogP contribution in [0.25, 0.3) is 20.3 Å². The largest absolute Gasteiger partial charge is 0.468 e. The minimum absolute atomic E-state index is 0.153. The molecule has 0 spiro atoms. The summed E-state index contributed by atoms with van der Waals surface area (Å²) in [5.41, 5.74) is 0.305. The minimum atomic E-state index is -0.493. The number of benzene rings is 1. The van der Waals surface area contributed by atoms with E-state index < -0.39 is 5.97 Å². The van der Waals surface area contributed by atoms with Crippen molar-refractivity contribution >= 4 is 49.2 Å². The molecule has 7 heteroatoms. The van der Waals surface area contributed by atoms with Crippen molar-refractivity contribution in [1.82, 2.24) is 9.55 Å². The van der Waals surface area contributed by atoms with Crippen molar-refractivity contribution in [3.63, 3.8) is 0 Å². The number of ether oxygens (including phenoxy) is 1. The van der Waals surface area contributed by atoms with Crippen molar-refractivity contribution < 1.29 is 9.53 Å². The summed E-state index contributed by atoms with van der Waals surface area (Å²) in [5, 5.41) is 1.34. The van der Waals surface area contributed by atoms with Crippen LogP contribution in [-0.2, 0) is 16.1 Å². The Morgan fingerprint density at radius 3 is 3.05 bits per heavy atom. The van der Waals surface area contributed by atoms with Crippen LogP contribution >= 0.6 is 22.9 Å². The van der Waals surface area contributed by atoms with Gasteiger partial charge in [-0.05, 0) is 12.1 Å². The zero-order chi connectivity index (χ0) is 14.3. The molecule has 0 fully saturated rings. The van der Waals surface area contributed by atoms with Gasteiger partial charge in [0, 0.05) is 10.1 Å². The Morgan fingerprint density at radius 2 is 2.30 bits per heavy atom. The van der Waals surface area contributed by atoms with Crippen molar-refractivity contribution in [1.29, 1.82) is 0 Å². The average Bonchev–Trinajstić information content (AvgIpc) is 2.82. The second kappa shape index (κ2) is 4.88. The van der Waals surface area contributed by atoms with E-state index in [1.54, 1.807) is 6.07 Å². The lowest BCUT2D eigenvalue weighted by Gasteiger charge is -2.03. The van der Waals surface area contributed by atoms with E-state index in [-0.39, 0.29) is 12.1 Å². The van der Waals surface area contributed by atoms with Gasteiger partial charge in [-0.1, -0.05) is 17.7 Å². The van der Waals surface area contributed by atoms with Crippen LogP contribution in [-0.4, -0.2) is 22.6 Å². The first-order valence-electron chi connectivity index (χ1n) is 5.75. The Balaban J connectivity index is 2.29. The predicted molar refractivity (Wildman–Crippen MR) is 78.4 cm³/mol. The van der Waals surface area contributed by atoms with E-state index in [9.17, 15) is 9.59 Å². The van der Waals surface area contributed by atoms with E-state index in [0.717, 1.165) is 10.1 Å². The first-order chi connectivity index (χ1) is 9.61. The minimum Gasteiger partial charge on any atom is -0.468 e. The van der Waals surface area contributed by atoms with Crippen LogP contribution in [0, 0.1) is 0 Å². The number of fused-ring (bicyclic) bond motifs is 3. The quantitative estimate of drug-likeness (QED) is 0.682. The van der Waals surface area contributed by atoms with E-state index >= 15 is 0 Å². The van der Waals surface area contributed by atoms with Gasteiger partial charge in [0.25, 0.3) is 5.56 Å². The monoisotopic (exact) mass is 308 g/mol. The Morgan fingerprint density at radius 1 is 1.50 bits per heavy atom. The second-order valence-corrected chi connectivity index (χ2v) is 5.61. The summed E-state index contributed by atoms with van der Waals surface area (Å²) in [7, 11) is 1.28. The fraction of sp³-hybridized carbons (Fsp3) is 0.154. The van der Waals surface area contributed by atoms with Crippen molar-refractivity contribution in [3.05, 3.63) is 39.9 Å². The van der Waals surface area contributed by atoms with Crippen molar-refractivity contribution in [2.45, 2.75) is 6.54 Å². The molecule has 3 aromatic rings. The summed E-state index contributed by atoms with van der Waals surface area (Å²) in [6.45, 7) is -0.153. The molecule has 0 aliphatic carbocycles. The number of thiophene rings is 1. The number of methoxy groups -OCH3 is 1. The highest BCUT2D eigenvalue weighted by atomic mass is 35.5. The molecule has 3 rings (SSSR count). The van der Waals surface area contributed by atoms with Gasteiger partial charge in [-0.3, -0.25) is 14.2 Å². The molecule has 0 unspecified atom stereocenters. The standard InChI is InChI=1S/C13H9ClN2O3S/c1-19-9(17)5-16-6-15-11-10-7(14)3-2-4-8(10)20-12(11)13(16)18/h2-4,6H,5H2,1H3. The maximum atomic E-state index is 12.3. The van der Waals surface area contributed by atoms with E-state index in [1.807, 2.05) is 12.1 Å². The molecule has 0 N–H and O–H groups in total. The van der Waals surface area contributed by atoms with Crippen LogP contribution in [0.5, 0.6) is 0 Å². The summed E-state index contributed by atoms with van der Waals surface area (Å²) in [6, 6.07) is 5.47. The number of carbonyl (C=O) groups is 1. The molecule has 0 radical (unpaired) electrons. The van der Waals surface area contributed by atoms with Crippen LogP contribution in [0.4, 0.5) is 0 Å². The molecule has 102 valence electrons. The third-order valence-corrected chi connectivity index (χ3v) is 4.39. The Bertz CT molecular complexity index is 884. The smallest absolute Gasteiger partial charge is 0.325 e. The molecule has 0 saturated heterocycles. The molecule has 0 atom stereocenters. The third kappa shape index (κ3) is 1.97. The van der Waals surface area contributed by atoms with Crippen molar-refractivity contribution in [2.75, 3.05) is 7.11 Å². The highest BCUT2D eigenvalue weighted by Gasteiger charge is 2.14. The molecule has 0 saturated carbocycles. The van der Waals surface area contributed by atoms with Crippen molar-refractivity contribution in [3.8, 4) is 0 Å². The first kappa shape index (κ1) is 13.1. The maximum absolute atomic E-state index is 12.3. The Kier molecular flexibility index (Phi) is 3.19. The average molecular weight is 309 g/mol. The van der Waals surface area contributed by atoms with Gasteiger partial charge in [-0.2, -0.15) is 0 Å². The Hall–Kier alpha value is -1.92. The zero-order valence-electron chi connectivity index (χ0n) is 10.4. The van der Waals surface area contributed by atoms with Gasteiger partial charge in [0.05, 0.1) is 24.0 Å². The molecule has 2 aromatic heterocycles. The molecule has 0 amide bonds. The van der Waals surface area contributed by atoms with Gasteiger partial charge < -0.3 is 4.74 Å². The molecule has 0 aliphatic heterocycles. The summed E-state index contributed by atoms with van der Waals surface area (Å²) in [5.74, 6) is -0.493. The first-order valence-corrected chi connectivity index (χ1v) is 6.94. The summed E-state index contributed by atoms with van der Waals surface area (Å²) >= 11 is 7.48. The van der Waals surface area contributed by atoms with Crippen LogP contribution in [0.15, 0.2) is 29.3 Å². The molecule has 0 aliphatic rings. The molecule has 0 bridgehead atoms. The summed E-state index contributed by atoms with van der Waals surface area (Å²) < 4.78 is 7.17. The molecule has 2 heterocycles. The lowest BCUT2D eigenvalue weighted by molar-refractivity contribution is -0.141. The number of hydrogen-bond acceptors (Lipinski definition) is 5. The van der Waals surface area contributed by atoms with Crippen LogP contribution in [0.3, 0.4) is 0 Å². The van der Waals surface area contributed by atoms with Crippen molar-refractivity contribution in [2.24, 2.45) is 0 Å². The zero-order valence-corrected chi connectivity index (χ0v) is 12.0. The number of nitrogens with zero attached hydrogens (tertiary/aromatic N) is 2. The number of aromatic nitrogens is 2. The lowest BCUT2D eigenvalue weighted by Crippen LogP contribution is -2.24.